The fraction of sp³-hybridized carbons (Fsp3) is 0.622. The number of aliphatic hydroxyl groups is 1. The standard InChI is InChI=1S/C37H55N2O12PS/c1-5-7-18-49-52(43,50-19-8-6-2)26-48-30-13-9-28(10-14-30)21-33(38-37(42)51-35-25-47-36-32(35)17-20-46-36)34(41)23-39(22-27(3)4)53(44,45)31-15-11-29(24-40)12-16-31/h9-16,24,27,32-36,41H,5-8,17-23,25-26H2,1-4H3,(H,38,42)/t32-,33-,34+,35-,36+/m0/s1. The molecule has 5 atom stereocenters. The van der Waals surface area contributed by atoms with Gasteiger partial charge in [0.05, 0.1) is 49.4 Å². The first-order valence-corrected chi connectivity index (χ1v) is 21.6. The molecule has 0 aliphatic carbocycles. The van der Waals surface area contributed by atoms with Gasteiger partial charge in [-0.05, 0) is 61.4 Å². The Kier molecular flexibility index (Phi) is 16.7. The summed E-state index contributed by atoms with van der Waals surface area (Å²) in [6.45, 7) is 8.78. The number of amides is 1. The molecule has 0 spiro atoms. The van der Waals surface area contributed by atoms with Crippen LogP contribution in [0.1, 0.15) is 75.7 Å². The van der Waals surface area contributed by atoms with Crippen LogP contribution in [-0.4, -0.2) is 101 Å². The third-order valence-electron chi connectivity index (χ3n) is 8.96. The molecule has 0 radical (unpaired) electrons. The summed E-state index contributed by atoms with van der Waals surface area (Å²) in [7, 11) is -7.59. The Morgan fingerprint density at radius 2 is 1.68 bits per heavy atom. The fourth-order valence-corrected chi connectivity index (χ4v) is 8.94. The Morgan fingerprint density at radius 1 is 1.02 bits per heavy atom. The number of hydrogen-bond donors (Lipinski definition) is 2. The van der Waals surface area contributed by atoms with Crippen LogP contribution in [0.2, 0.25) is 0 Å². The molecule has 2 N–H and O–H groups in total. The number of ether oxygens (including phenoxy) is 4. The summed E-state index contributed by atoms with van der Waals surface area (Å²) in [6.07, 6.45) is 1.30. The van der Waals surface area contributed by atoms with E-state index < -0.39 is 48.3 Å². The average molecular weight is 783 g/mol. The number of hydrogen-bond acceptors (Lipinski definition) is 12. The normalized spacial score (nSPS) is 19.9. The summed E-state index contributed by atoms with van der Waals surface area (Å²) < 4.78 is 76.1. The van der Waals surface area contributed by atoms with Gasteiger partial charge in [-0.3, -0.25) is 9.36 Å². The summed E-state index contributed by atoms with van der Waals surface area (Å²) in [5.41, 5.74) is 1.02. The number of aliphatic hydroxyl groups excluding tert-OH is 1. The number of carbonyl (C=O) groups excluding carboxylic acids is 2. The first-order valence-electron chi connectivity index (χ1n) is 18.4. The van der Waals surface area contributed by atoms with E-state index in [9.17, 15) is 27.7 Å². The molecule has 1 amide bonds. The Morgan fingerprint density at radius 3 is 2.28 bits per heavy atom. The van der Waals surface area contributed by atoms with Crippen molar-refractivity contribution in [2.24, 2.45) is 11.8 Å². The van der Waals surface area contributed by atoms with Crippen LogP contribution in [0.25, 0.3) is 0 Å². The number of fused-ring (bicyclic) bond motifs is 1. The van der Waals surface area contributed by atoms with Crippen LogP contribution in [0, 0.1) is 11.8 Å². The second kappa shape index (κ2) is 20.7. The smallest absolute Gasteiger partial charge is 0.407 e. The molecule has 0 saturated carbocycles. The maximum absolute atomic E-state index is 13.8. The predicted octanol–water partition coefficient (Wildman–Crippen LogP) is 5.77. The van der Waals surface area contributed by atoms with Crippen LogP contribution in [-0.2, 0) is 44.3 Å². The predicted molar refractivity (Wildman–Crippen MR) is 197 cm³/mol. The minimum atomic E-state index is -4.10. The van der Waals surface area contributed by atoms with Gasteiger partial charge >= 0.3 is 13.7 Å². The van der Waals surface area contributed by atoms with E-state index in [4.69, 9.17) is 28.0 Å². The molecule has 0 unspecified atom stereocenters. The zero-order chi connectivity index (χ0) is 38.4. The van der Waals surface area contributed by atoms with Gasteiger partial charge in [-0.1, -0.05) is 64.8 Å². The van der Waals surface area contributed by atoms with Crippen LogP contribution in [0.4, 0.5) is 4.79 Å². The number of carbonyl (C=O) groups is 2. The van der Waals surface area contributed by atoms with Crippen molar-refractivity contribution >= 4 is 30.0 Å². The van der Waals surface area contributed by atoms with Crippen molar-refractivity contribution in [2.75, 3.05) is 45.9 Å². The minimum absolute atomic E-state index is 0.0268. The third kappa shape index (κ3) is 12.9. The zero-order valence-corrected chi connectivity index (χ0v) is 32.8. The van der Waals surface area contributed by atoms with Gasteiger partial charge in [-0.15, -0.1) is 0 Å². The van der Waals surface area contributed by atoms with Crippen molar-refractivity contribution in [2.45, 2.75) is 95.7 Å². The molecule has 2 fully saturated rings. The van der Waals surface area contributed by atoms with Crippen molar-refractivity contribution in [3.63, 3.8) is 0 Å². The van der Waals surface area contributed by atoms with Gasteiger partial charge in [-0.2, -0.15) is 4.31 Å². The summed E-state index contributed by atoms with van der Waals surface area (Å²) in [4.78, 5) is 24.4. The molecule has 2 heterocycles. The van der Waals surface area contributed by atoms with Crippen LogP contribution in [0.15, 0.2) is 53.4 Å². The molecule has 2 aliphatic heterocycles. The highest BCUT2D eigenvalue weighted by Gasteiger charge is 2.44. The largest absolute Gasteiger partial charge is 0.481 e. The number of unbranched alkanes of at least 4 members (excludes halogenated alkanes) is 2. The van der Waals surface area contributed by atoms with Crippen LogP contribution in [0.3, 0.4) is 0 Å². The van der Waals surface area contributed by atoms with E-state index in [-0.39, 0.29) is 49.2 Å². The van der Waals surface area contributed by atoms with Gasteiger partial charge in [0.25, 0.3) is 0 Å². The SMILES string of the molecule is CCCCOP(=O)(COc1ccc(C[C@H](NC(=O)O[C@H]2CO[C@H]3OCC[C@H]32)[C@H](O)CN(CC(C)C)S(=O)(=O)c2ccc(C=O)cc2)cc1)OCCCC. The highest BCUT2D eigenvalue weighted by Crippen LogP contribution is 2.48. The molecule has 2 aromatic rings. The number of nitrogens with zero attached hydrogens (tertiary/aromatic N) is 1. The Bertz CT molecular complexity index is 1580. The molecule has 0 aromatic heterocycles. The number of benzene rings is 2. The summed E-state index contributed by atoms with van der Waals surface area (Å²) in [5, 5.41) is 14.4. The minimum Gasteiger partial charge on any atom is -0.481 e. The van der Waals surface area contributed by atoms with Crippen molar-refractivity contribution in [3.05, 3.63) is 59.7 Å². The maximum atomic E-state index is 13.8. The van der Waals surface area contributed by atoms with E-state index in [1.807, 2.05) is 27.7 Å². The molecule has 14 nitrogen and oxygen atoms in total. The van der Waals surface area contributed by atoms with E-state index in [2.05, 4.69) is 5.32 Å². The van der Waals surface area contributed by atoms with Crippen LogP contribution < -0.4 is 10.1 Å². The summed E-state index contributed by atoms with van der Waals surface area (Å²) >= 11 is 0. The molecule has 2 aliphatic rings. The first kappa shape index (κ1) is 42.9. The fourth-order valence-electron chi connectivity index (χ4n) is 5.97. The number of aldehydes is 1. The van der Waals surface area contributed by atoms with Gasteiger partial charge in [0.2, 0.25) is 10.0 Å². The number of nitrogens with one attached hydrogen (secondary N) is 1. The van der Waals surface area contributed by atoms with Crippen LogP contribution in [0.5, 0.6) is 5.75 Å². The van der Waals surface area contributed by atoms with E-state index in [1.54, 1.807) is 24.3 Å². The molecule has 16 heteroatoms. The Labute approximate surface area is 313 Å². The number of rotatable bonds is 23. The lowest BCUT2D eigenvalue weighted by molar-refractivity contribution is -0.0907. The van der Waals surface area contributed by atoms with Gasteiger partial charge in [0, 0.05) is 18.7 Å². The molecular formula is C37H55N2O12PS. The van der Waals surface area contributed by atoms with Gasteiger partial charge < -0.3 is 38.4 Å². The molecule has 2 aromatic carbocycles. The molecule has 4 rings (SSSR count). The zero-order valence-electron chi connectivity index (χ0n) is 31.1. The van der Waals surface area contributed by atoms with E-state index in [1.165, 1.54) is 28.6 Å². The lowest BCUT2D eigenvalue weighted by Gasteiger charge is -2.31. The van der Waals surface area contributed by atoms with E-state index in [0.717, 1.165) is 25.7 Å². The number of sulfonamides is 1. The molecular weight excluding hydrogens is 727 g/mol. The van der Waals surface area contributed by atoms with Crippen LogP contribution >= 0.6 is 7.60 Å². The van der Waals surface area contributed by atoms with Crippen molar-refractivity contribution in [1.29, 1.82) is 0 Å². The molecule has 0 bridgehead atoms. The van der Waals surface area contributed by atoms with Gasteiger partial charge in [0.1, 0.15) is 18.1 Å². The maximum Gasteiger partial charge on any atom is 0.407 e. The number of alkyl carbamates (subject to hydrolysis) is 1. The quantitative estimate of drug-likeness (QED) is 0.0792. The lowest BCUT2D eigenvalue weighted by atomic mass is 10.0. The lowest BCUT2D eigenvalue weighted by Crippen LogP contribution is -2.51. The first-order chi connectivity index (χ1) is 25.4. The summed E-state index contributed by atoms with van der Waals surface area (Å²) in [6, 6.07) is 11.4. The van der Waals surface area contributed by atoms with Gasteiger partial charge in [-0.25, -0.2) is 13.2 Å². The highest BCUT2D eigenvalue weighted by atomic mass is 32.2. The van der Waals surface area contributed by atoms with Crippen molar-refractivity contribution in [1.82, 2.24) is 9.62 Å². The highest BCUT2D eigenvalue weighted by molar-refractivity contribution is 7.89. The van der Waals surface area contributed by atoms with Crippen molar-refractivity contribution < 1.29 is 55.7 Å². The molecule has 296 valence electrons. The summed E-state index contributed by atoms with van der Waals surface area (Å²) in [5.74, 6) is 0.225. The Balaban J connectivity index is 1.50. The molecule has 2 saturated heterocycles. The van der Waals surface area contributed by atoms with E-state index in [0.29, 0.717) is 49.4 Å². The Hall–Kier alpha value is -2.88. The second-order valence-electron chi connectivity index (χ2n) is 13.8. The second-order valence-corrected chi connectivity index (χ2v) is 17.7. The van der Waals surface area contributed by atoms with Gasteiger partial charge in [0.15, 0.2) is 12.6 Å². The monoisotopic (exact) mass is 782 g/mol. The average Bonchev–Trinajstić information content (AvgIpc) is 3.76. The molecule has 53 heavy (non-hydrogen) atoms. The van der Waals surface area contributed by atoms with Crippen molar-refractivity contribution in [3.8, 4) is 5.75 Å². The third-order valence-corrected chi connectivity index (χ3v) is 12.4. The topological polar surface area (TPSA) is 176 Å². The van der Waals surface area contributed by atoms with E-state index >= 15 is 0 Å².